The van der Waals surface area contributed by atoms with Gasteiger partial charge in [-0.2, -0.15) is 0 Å². The van der Waals surface area contributed by atoms with Crippen molar-refractivity contribution in [3.8, 4) is 0 Å². The molecule has 2 rings (SSSR count). The predicted octanol–water partition coefficient (Wildman–Crippen LogP) is 2.43. The van der Waals surface area contributed by atoms with E-state index in [4.69, 9.17) is 4.74 Å². The van der Waals surface area contributed by atoms with Gasteiger partial charge >= 0.3 is 0 Å². The van der Waals surface area contributed by atoms with Crippen molar-refractivity contribution in [3.63, 3.8) is 0 Å². The second-order valence-corrected chi connectivity index (χ2v) is 4.04. The lowest BCUT2D eigenvalue weighted by Gasteiger charge is -2.35. The molecule has 1 aromatic rings. The highest BCUT2D eigenvalue weighted by Gasteiger charge is 2.24. The third-order valence-corrected chi connectivity index (χ3v) is 2.96. The third-order valence-electron chi connectivity index (χ3n) is 2.96. The molecule has 1 fully saturated rings. The van der Waals surface area contributed by atoms with Crippen LogP contribution in [0, 0.1) is 0 Å². The minimum absolute atomic E-state index is 0.280. The zero-order chi connectivity index (χ0) is 9.97. The van der Waals surface area contributed by atoms with Crippen LogP contribution in [0.5, 0.6) is 0 Å². The van der Waals surface area contributed by atoms with Gasteiger partial charge in [-0.15, -0.1) is 0 Å². The van der Waals surface area contributed by atoms with Crippen molar-refractivity contribution in [2.24, 2.45) is 0 Å². The van der Waals surface area contributed by atoms with Gasteiger partial charge in [0.2, 0.25) is 0 Å². The Bertz CT molecular complexity index is 286. The van der Waals surface area contributed by atoms with E-state index < -0.39 is 0 Å². The van der Waals surface area contributed by atoms with Crippen molar-refractivity contribution in [2.75, 3.05) is 13.8 Å². The van der Waals surface area contributed by atoms with Gasteiger partial charge in [0.05, 0.1) is 12.8 Å². The second-order valence-electron chi connectivity index (χ2n) is 4.04. The van der Waals surface area contributed by atoms with Gasteiger partial charge in [-0.25, -0.2) is 0 Å². The molecule has 0 aliphatic carbocycles. The first-order valence-electron chi connectivity index (χ1n) is 5.14. The van der Waals surface area contributed by atoms with Crippen molar-refractivity contribution in [1.29, 1.82) is 0 Å². The third kappa shape index (κ3) is 1.97. The van der Waals surface area contributed by atoms with Gasteiger partial charge in [0.1, 0.15) is 0 Å². The molecule has 0 bridgehead atoms. The lowest BCUT2D eigenvalue weighted by molar-refractivity contribution is -0.0832. The summed E-state index contributed by atoms with van der Waals surface area (Å²) in [5.41, 5.74) is 1.30. The summed E-state index contributed by atoms with van der Waals surface area (Å²) in [7, 11) is 2.10. The molecule has 1 heterocycles. The van der Waals surface area contributed by atoms with Gasteiger partial charge in [0.15, 0.2) is 0 Å². The largest absolute Gasteiger partial charge is 0.358 e. The molecule has 14 heavy (non-hydrogen) atoms. The van der Waals surface area contributed by atoms with Gasteiger partial charge in [-0.1, -0.05) is 30.3 Å². The highest BCUT2D eigenvalue weighted by atomic mass is 16.5. The molecule has 1 aliphatic rings. The van der Waals surface area contributed by atoms with E-state index in [-0.39, 0.29) is 6.10 Å². The number of hydrogen-bond acceptors (Lipinski definition) is 2. The van der Waals surface area contributed by atoms with Gasteiger partial charge in [-0.3, -0.25) is 4.90 Å². The van der Waals surface area contributed by atoms with Crippen molar-refractivity contribution < 1.29 is 4.74 Å². The minimum atomic E-state index is 0.280. The van der Waals surface area contributed by atoms with Crippen molar-refractivity contribution >= 4 is 0 Å². The van der Waals surface area contributed by atoms with Crippen LogP contribution in [0.4, 0.5) is 0 Å². The van der Waals surface area contributed by atoms with Gasteiger partial charge in [0.25, 0.3) is 0 Å². The lowest BCUT2D eigenvalue weighted by atomic mass is 10.0. The molecule has 0 saturated carbocycles. The summed E-state index contributed by atoms with van der Waals surface area (Å²) in [5.74, 6) is 0. The van der Waals surface area contributed by atoms with Crippen LogP contribution in [-0.4, -0.2) is 24.7 Å². The Hall–Kier alpha value is -0.860. The molecular formula is C12H17NO. The quantitative estimate of drug-likeness (QED) is 0.676. The summed E-state index contributed by atoms with van der Waals surface area (Å²) < 4.78 is 5.77. The zero-order valence-corrected chi connectivity index (χ0v) is 8.81. The van der Waals surface area contributed by atoms with Crippen molar-refractivity contribution in [2.45, 2.75) is 25.5 Å². The Balaban J connectivity index is 2.07. The zero-order valence-electron chi connectivity index (χ0n) is 8.81. The predicted molar refractivity (Wildman–Crippen MR) is 57.0 cm³/mol. The molecule has 2 heteroatoms. The summed E-state index contributed by atoms with van der Waals surface area (Å²) in [6.45, 7) is 2.99. The monoisotopic (exact) mass is 191 g/mol. The molecule has 0 amide bonds. The van der Waals surface area contributed by atoms with Crippen LogP contribution in [0.3, 0.4) is 0 Å². The average molecular weight is 191 g/mol. The fourth-order valence-electron chi connectivity index (χ4n) is 1.79. The first-order chi connectivity index (χ1) is 6.77. The van der Waals surface area contributed by atoms with Crippen LogP contribution in [0.15, 0.2) is 30.3 Å². The normalized spacial score (nSPS) is 29.0. The molecule has 0 unspecified atom stereocenters. The Labute approximate surface area is 85.5 Å². The summed E-state index contributed by atoms with van der Waals surface area (Å²) >= 11 is 0. The van der Waals surface area contributed by atoms with E-state index in [1.165, 1.54) is 5.56 Å². The van der Waals surface area contributed by atoms with E-state index in [2.05, 4.69) is 43.1 Å². The first kappa shape index (κ1) is 9.69. The Morgan fingerprint density at radius 3 is 2.64 bits per heavy atom. The van der Waals surface area contributed by atoms with E-state index in [0.717, 1.165) is 13.2 Å². The van der Waals surface area contributed by atoms with Crippen LogP contribution in [0.1, 0.15) is 25.0 Å². The van der Waals surface area contributed by atoms with E-state index in [1.54, 1.807) is 0 Å². The summed E-state index contributed by atoms with van der Waals surface area (Å²) in [6, 6.07) is 11.1. The smallest absolute Gasteiger partial charge is 0.0998 e. The summed E-state index contributed by atoms with van der Waals surface area (Å²) in [5, 5.41) is 0. The Morgan fingerprint density at radius 1 is 1.29 bits per heavy atom. The standard InChI is InChI=1S/C12H17NO/c1-10-8-12(14-9-13(10)2)11-6-4-3-5-7-11/h3-7,10,12H,8-9H2,1-2H3/t10-,12-/m0/s1. The maximum atomic E-state index is 5.77. The van der Waals surface area contributed by atoms with Crippen LogP contribution in [0.2, 0.25) is 0 Å². The molecule has 0 N–H and O–H groups in total. The second kappa shape index (κ2) is 4.11. The number of nitrogens with zero attached hydrogens (tertiary/aromatic N) is 1. The molecule has 0 aromatic heterocycles. The van der Waals surface area contributed by atoms with Crippen molar-refractivity contribution in [3.05, 3.63) is 35.9 Å². The van der Waals surface area contributed by atoms with E-state index in [1.807, 2.05) is 6.07 Å². The molecule has 2 atom stereocenters. The van der Waals surface area contributed by atoms with E-state index >= 15 is 0 Å². The molecule has 76 valence electrons. The molecule has 0 radical (unpaired) electrons. The van der Waals surface area contributed by atoms with Crippen molar-refractivity contribution in [1.82, 2.24) is 4.90 Å². The molecule has 0 spiro atoms. The molecule has 2 nitrogen and oxygen atoms in total. The fraction of sp³-hybridized carbons (Fsp3) is 0.500. The number of benzene rings is 1. The summed E-state index contributed by atoms with van der Waals surface area (Å²) in [4.78, 5) is 2.24. The van der Waals surface area contributed by atoms with E-state index in [9.17, 15) is 0 Å². The van der Waals surface area contributed by atoms with Gasteiger partial charge in [0, 0.05) is 6.04 Å². The highest BCUT2D eigenvalue weighted by molar-refractivity contribution is 5.18. The van der Waals surface area contributed by atoms with Gasteiger partial charge < -0.3 is 4.74 Å². The molecule has 1 saturated heterocycles. The van der Waals surface area contributed by atoms with Crippen LogP contribution < -0.4 is 0 Å². The lowest BCUT2D eigenvalue weighted by Crippen LogP contribution is -2.38. The maximum Gasteiger partial charge on any atom is 0.0998 e. The fourth-order valence-corrected chi connectivity index (χ4v) is 1.79. The highest BCUT2D eigenvalue weighted by Crippen LogP contribution is 2.27. The van der Waals surface area contributed by atoms with Gasteiger partial charge in [-0.05, 0) is 26.0 Å². The maximum absolute atomic E-state index is 5.77. The number of rotatable bonds is 1. The van der Waals surface area contributed by atoms with Crippen LogP contribution in [-0.2, 0) is 4.74 Å². The molecular weight excluding hydrogens is 174 g/mol. The van der Waals surface area contributed by atoms with E-state index in [0.29, 0.717) is 6.04 Å². The first-order valence-corrected chi connectivity index (χ1v) is 5.14. The SMILES string of the molecule is C[C@H]1C[C@@H](c2ccccc2)OCN1C. The Kier molecular flexibility index (Phi) is 2.85. The molecule has 1 aromatic carbocycles. The minimum Gasteiger partial charge on any atom is -0.358 e. The number of ether oxygens (including phenoxy) is 1. The summed E-state index contributed by atoms with van der Waals surface area (Å²) in [6.07, 6.45) is 1.36. The topological polar surface area (TPSA) is 12.5 Å². The Morgan fingerprint density at radius 2 is 2.00 bits per heavy atom. The average Bonchev–Trinajstić information content (AvgIpc) is 2.23. The van der Waals surface area contributed by atoms with Crippen LogP contribution >= 0.6 is 0 Å². The number of hydrogen-bond donors (Lipinski definition) is 0. The molecule has 1 aliphatic heterocycles. The van der Waals surface area contributed by atoms with Crippen LogP contribution in [0.25, 0.3) is 0 Å².